The van der Waals surface area contributed by atoms with Crippen molar-refractivity contribution in [2.24, 2.45) is 0 Å². The summed E-state index contributed by atoms with van der Waals surface area (Å²) in [7, 11) is 0. The molecule has 0 aliphatic carbocycles. The molecule has 0 aromatic heterocycles. The molecule has 0 aliphatic heterocycles. The summed E-state index contributed by atoms with van der Waals surface area (Å²) in [6, 6.07) is 22.3. The zero-order valence-electron chi connectivity index (χ0n) is 15.6. The fourth-order valence-corrected chi connectivity index (χ4v) is 2.75. The Morgan fingerprint density at radius 1 is 0.929 bits per heavy atom. The number of ketones is 1. The van der Waals surface area contributed by atoms with E-state index in [1.54, 1.807) is 24.3 Å². The van der Waals surface area contributed by atoms with E-state index in [-0.39, 0.29) is 5.78 Å². The second-order valence-corrected chi connectivity index (χ2v) is 6.55. The van der Waals surface area contributed by atoms with Crippen LogP contribution in [-0.2, 0) is 6.61 Å². The summed E-state index contributed by atoms with van der Waals surface area (Å²) in [6.07, 6.45) is 3.34. The summed E-state index contributed by atoms with van der Waals surface area (Å²) in [5, 5.41) is 0.694. The molecule has 3 aromatic carbocycles. The van der Waals surface area contributed by atoms with Crippen LogP contribution in [0.3, 0.4) is 0 Å². The van der Waals surface area contributed by atoms with E-state index in [0.29, 0.717) is 35.3 Å². The van der Waals surface area contributed by atoms with Crippen LogP contribution in [-0.4, -0.2) is 12.4 Å². The highest BCUT2D eigenvalue weighted by Gasteiger charge is 2.07. The SMILES string of the molecule is CCOc1cc(/C=C\C(=O)c2ccccc2)ccc1OCc1ccc(Cl)cc1. The molecule has 0 heterocycles. The van der Waals surface area contributed by atoms with Gasteiger partial charge in [-0.2, -0.15) is 0 Å². The zero-order valence-corrected chi connectivity index (χ0v) is 16.4. The molecule has 0 N–H and O–H groups in total. The third kappa shape index (κ3) is 5.48. The first-order valence-electron chi connectivity index (χ1n) is 9.07. The molecule has 4 heteroatoms. The van der Waals surface area contributed by atoms with Crippen LogP contribution in [0, 0.1) is 0 Å². The fourth-order valence-electron chi connectivity index (χ4n) is 2.63. The van der Waals surface area contributed by atoms with E-state index in [1.807, 2.05) is 67.6 Å². The van der Waals surface area contributed by atoms with Gasteiger partial charge in [-0.3, -0.25) is 4.79 Å². The Kier molecular flexibility index (Phi) is 6.88. The molecule has 3 aromatic rings. The third-order valence-electron chi connectivity index (χ3n) is 4.06. The van der Waals surface area contributed by atoms with Crippen molar-refractivity contribution in [3.8, 4) is 11.5 Å². The molecule has 0 amide bonds. The highest BCUT2D eigenvalue weighted by molar-refractivity contribution is 6.30. The average molecular weight is 393 g/mol. The zero-order chi connectivity index (χ0) is 19.8. The van der Waals surface area contributed by atoms with E-state index in [4.69, 9.17) is 21.1 Å². The standard InChI is InChI=1S/C24H21ClO3/c1-2-27-24-16-18(10-14-22(26)20-6-4-3-5-7-20)11-15-23(24)28-17-19-8-12-21(25)13-9-19/h3-16H,2,17H2,1H3/b14-10-. The van der Waals surface area contributed by atoms with Crippen molar-refractivity contribution >= 4 is 23.5 Å². The fraction of sp³-hybridized carbons (Fsp3) is 0.125. The van der Waals surface area contributed by atoms with Gasteiger partial charge in [-0.25, -0.2) is 0 Å². The summed E-state index contributed by atoms with van der Waals surface area (Å²) in [4.78, 5) is 12.2. The van der Waals surface area contributed by atoms with E-state index < -0.39 is 0 Å². The predicted octanol–water partition coefficient (Wildman–Crippen LogP) is 6.21. The minimum atomic E-state index is -0.0402. The Morgan fingerprint density at radius 3 is 2.39 bits per heavy atom. The Balaban J connectivity index is 1.72. The van der Waals surface area contributed by atoms with E-state index in [1.165, 1.54) is 0 Å². The highest BCUT2D eigenvalue weighted by atomic mass is 35.5. The second-order valence-electron chi connectivity index (χ2n) is 6.12. The van der Waals surface area contributed by atoms with Crippen LogP contribution in [0.5, 0.6) is 11.5 Å². The molecule has 0 saturated carbocycles. The molecule has 0 bridgehead atoms. The maximum Gasteiger partial charge on any atom is 0.185 e. The maximum absolute atomic E-state index is 12.2. The molecule has 28 heavy (non-hydrogen) atoms. The van der Waals surface area contributed by atoms with E-state index in [2.05, 4.69) is 0 Å². The first-order chi connectivity index (χ1) is 13.7. The normalized spacial score (nSPS) is 10.8. The minimum Gasteiger partial charge on any atom is -0.490 e. The van der Waals surface area contributed by atoms with E-state index >= 15 is 0 Å². The van der Waals surface area contributed by atoms with Gasteiger partial charge < -0.3 is 9.47 Å². The van der Waals surface area contributed by atoms with Crippen molar-refractivity contribution in [3.63, 3.8) is 0 Å². The van der Waals surface area contributed by atoms with Gasteiger partial charge in [0.05, 0.1) is 6.61 Å². The first kappa shape index (κ1) is 19.7. The summed E-state index contributed by atoms with van der Waals surface area (Å²) in [5.74, 6) is 1.26. The van der Waals surface area contributed by atoms with Gasteiger partial charge >= 0.3 is 0 Å². The monoisotopic (exact) mass is 392 g/mol. The van der Waals surface area contributed by atoms with Crippen molar-refractivity contribution in [3.05, 3.63) is 101 Å². The quantitative estimate of drug-likeness (QED) is 0.337. The van der Waals surface area contributed by atoms with E-state index in [9.17, 15) is 4.79 Å². The van der Waals surface area contributed by atoms with Crippen LogP contribution in [0.15, 0.2) is 78.9 Å². The van der Waals surface area contributed by atoms with Crippen LogP contribution >= 0.6 is 11.6 Å². The Morgan fingerprint density at radius 2 is 1.68 bits per heavy atom. The van der Waals surface area contributed by atoms with Crippen molar-refractivity contribution in [1.82, 2.24) is 0 Å². The molecule has 3 rings (SSSR count). The second kappa shape index (κ2) is 9.77. The van der Waals surface area contributed by atoms with Crippen LogP contribution < -0.4 is 9.47 Å². The molecule has 0 unspecified atom stereocenters. The smallest absolute Gasteiger partial charge is 0.185 e. The minimum absolute atomic E-state index is 0.0402. The van der Waals surface area contributed by atoms with Crippen molar-refractivity contribution in [2.75, 3.05) is 6.61 Å². The number of ether oxygens (including phenoxy) is 2. The van der Waals surface area contributed by atoms with Crippen LogP contribution in [0.1, 0.15) is 28.4 Å². The van der Waals surface area contributed by atoms with Crippen LogP contribution in [0.25, 0.3) is 6.08 Å². The summed E-state index contributed by atoms with van der Waals surface area (Å²) in [6.45, 7) is 2.86. The Bertz CT molecular complexity index is 947. The lowest BCUT2D eigenvalue weighted by molar-refractivity contribution is 0.104. The molecule has 0 saturated heterocycles. The Labute approximate surface area is 170 Å². The molecule has 3 nitrogen and oxygen atoms in total. The third-order valence-corrected chi connectivity index (χ3v) is 4.31. The first-order valence-corrected chi connectivity index (χ1v) is 9.45. The van der Waals surface area contributed by atoms with Gasteiger partial charge in [0.15, 0.2) is 17.3 Å². The van der Waals surface area contributed by atoms with Gasteiger partial charge in [0.1, 0.15) is 6.61 Å². The topological polar surface area (TPSA) is 35.5 Å². The van der Waals surface area contributed by atoms with Gasteiger partial charge in [-0.1, -0.05) is 66.2 Å². The number of rotatable bonds is 8. The average Bonchev–Trinajstić information content (AvgIpc) is 2.73. The van der Waals surface area contributed by atoms with Crippen molar-refractivity contribution in [1.29, 1.82) is 0 Å². The molecule has 0 atom stereocenters. The number of hydrogen-bond donors (Lipinski definition) is 0. The maximum atomic E-state index is 12.2. The van der Waals surface area contributed by atoms with Crippen LogP contribution in [0.4, 0.5) is 0 Å². The van der Waals surface area contributed by atoms with Gasteiger partial charge in [-0.15, -0.1) is 0 Å². The number of halogens is 1. The number of carbonyl (C=O) groups is 1. The van der Waals surface area contributed by atoms with Gasteiger partial charge in [0, 0.05) is 10.6 Å². The number of hydrogen-bond acceptors (Lipinski definition) is 3. The molecule has 0 radical (unpaired) electrons. The van der Waals surface area contributed by atoms with Crippen molar-refractivity contribution < 1.29 is 14.3 Å². The van der Waals surface area contributed by atoms with Crippen LogP contribution in [0.2, 0.25) is 5.02 Å². The largest absolute Gasteiger partial charge is 0.490 e. The van der Waals surface area contributed by atoms with Crippen molar-refractivity contribution in [2.45, 2.75) is 13.5 Å². The number of allylic oxidation sites excluding steroid dienone is 1. The number of benzene rings is 3. The van der Waals surface area contributed by atoms with Gasteiger partial charge in [0.25, 0.3) is 0 Å². The summed E-state index contributed by atoms with van der Waals surface area (Å²) >= 11 is 5.91. The lowest BCUT2D eigenvalue weighted by Gasteiger charge is -2.13. The molecule has 0 aliphatic rings. The number of carbonyl (C=O) groups excluding carboxylic acids is 1. The van der Waals surface area contributed by atoms with Gasteiger partial charge in [-0.05, 0) is 48.4 Å². The molecular formula is C24H21ClO3. The molecular weight excluding hydrogens is 372 g/mol. The molecule has 0 spiro atoms. The highest BCUT2D eigenvalue weighted by Crippen LogP contribution is 2.30. The summed E-state index contributed by atoms with van der Waals surface area (Å²) < 4.78 is 11.6. The van der Waals surface area contributed by atoms with E-state index in [0.717, 1.165) is 11.1 Å². The predicted molar refractivity (Wildman–Crippen MR) is 113 cm³/mol. The Hall–Kier alpha value is -3.04. The lowest BCUT2D eigenvalue weighted by Crippen LogP contribution is -2.00. The van der Waals surface area contributed by atoms with Gasteiger partial charge in [0.2, 0.25) is 0 Å². The molecule has 0 fully saturated rings. The summed E-state index contributed by atoms with van der Waals surface area (Å²) in [5.41, 5.74) is 2.54. The lowest BCUT2D eigenvalue weighted by atomic mass is 10.1. The molecule has 142 valence electrons.